The highest BCUT2D eigenvalue weighted by atomic mass is 35.5. The molecule has 42 heavy (non-hydrogen) atoms. The Morgan fingerprint density at radius 3 is 2.48 bits per heavy atom. The van der Waals surface area contributed by atoms with E-state index in [1.807, 2.05) is 50.2 Å². The molecule has 0 aliphatic heterocycles. The second-order valence-corrected chi connectivity index (χ2v) is 10.5. The Labute approximate surface area is 247 Å². The summed E-state index contributed by atoms with van der Waals surface area (Å²) in [5.74, 6) is -1.33. The van der Waals surface area contributed by atoms with Gasteiger partial charge in [-0.15, -0.1) is 10.2 Å². The van der Waals surface area contributed by atoms with Crippen LogP contribution in [-0.4, -0.2) is 25.6 Å². The van der Waals surface area contributed by atoms with Gasteiger partial charge in [0.2, 0.25) is 0 Å². The van der Waals surface area contributed by atoms with Crippen molar-refractivity contribution in [3.05, 3.63) is 141 Å². The van der Waals surface area contributed by atoms with E-state index in [1.165, 1.54) is 11.0 Å². The minimum Gasteiger partial charge on any atom is -0.327 e. The fourth-order valence-corrected chi connectivity index (χ4v) is 4.93. The Balaban J connectivity index is 1.50. The van der Waals surface area contributed by atoms with Gasteiger partial charge in [0.05, 0.1) is 24.7 Å². The molecule has 0 fully saturated rings. The van der Waals surface area contributed by atoms with Gasteiger partial charge in [0, 0.05) is 34.3 Å². The summed E-state index contributed by atoms with van der Waals surface area (Å²) < 4.78 is 30.2. The van der Waals surface area contributed by atoms with Gasteiger partial charge in [-0.2, -0.15) is 5.26 Å². The lowest BCUT2D eigenvalue weighted by Gasteiger charge is -2.24. The number of nitriles is 1. The summed E-state index contributed by atoms with van der Waals surface area (Å²) in [4.78, 5) is 15.5. The van der Waals surface area contributed by atoms with Crippen LogP contribution in [0.25, 0.3) is 11.1 Å². The van der Waals surface area contributed by atoms with E-state index in [2.05, 4.69) is 16.3 Å². The molecular weight excluding hydrogens is 556 g/mol. The number of aromatic nitrogens is 3. The van der Waals surface area contributed by atoms with Crippen LogP contribution in [0.4, 0.5) is 8.78 Å². The highest BCUT2D eigenvalue weighted by Gasteiger charge is 2.22. The molecule has 9 heteroatoms. The third-order valence-electron chi connectivity index (χ3n) is 7.02. The fourth-order valence-electron chi connectivity index (χ4n) is 4.71. The molecule has 0 atom stereocenters. The summed E-state index contributed by atoms with van der Waals surface area (Å²) in [6, 6.07) is 23.6. The lowest BCUT2D eigenvalue weighted by atomic mass is 9.96. The molecule has 0 radical (unpaired) electrons. The van der Waals surface area contributed by atoms with Crippen molar-refractivity contribution in [3.8, 4) is 17.2 Å². The van der Waals surface area contributed by atoms with Crippen LogP contribution in [0.15, 0.2) is 85.2 Å². The van der Waals surface area contributed by atoms with Gasteiger partial charge in [-0.3, -0.25) is 4.79 Å². The molecule has 4 aromatic carbocycles. The molecule has 1 heterocycles. The summed E-state index contributed by atoms with van der Waals surface area (Å²) in [6.45, 7) is 4.21. The number of carbonyl (C=O) groups is 1. The zero-order valence-electron chi connectivity index (χ0n) is 23.0. The van der Waals surface area contributed by atoms with Crippen molar-refractivity contribution >= 4 is 17.5 Å². The number of amides is 1. The van der Waals surface area contributed by atoms with E-state index in [0.717, 1.165) is 39.9 Å². The second-order valence-electron chi connectivity index (χ2n) is 10.1. The van der Waals surface area contributed by atoms with Crippen LogP contribution in [0.1, 0.15) is 44.0 Å². The zero-order valence-corrected chi connectivity index (χ0v) is 23.7. The van der Waals surface area contributed by atoms with Crippen LogP contribution >= 0.6 is 11.6 Å². The number of aryl methyl sites for hydroxylation is 2. The maximum Gasteiger partial charge on any atom is 0.254 e. The van der Waals surface area contributed by atoms with E-state index in [1.54, 1.807) is 35.2 Å². The first kappa shape index (κ1) is 28.7. The maximum absolute atomic E-state index is 14.8. The Morgan fingerprint density at radius 2 is 1.74 bits per heavy atom. The average molecular weight is 582 g/mol. The number of benzene rings is 4. The average Bonchev–Trinajstić information content (AvgIpc) is 3.41. The molecule has 1 aromatic heterocycles. The van der Waals surface area contributed by atoms with Crippen molar-refractivity contribution in [3.63, 3.8) is 0 Å². The van der Waals surface area contributed by atoms with Gasteiger partial charge in [-0.25, -0.2) is 8.78 Å². The Morgan fingerprint density at radius 1 is 0.952 bits per heavy atom. The molecule has 0 saturated carbocycles. The third-order valence-corrected chi connectivity index (χ3v) is 7.35. The number of carbonyl (C=O) groups excluding carboxylic acids is 1. The first-order chi connectivity index (χ1) is 20.2. The molecule has 1 amide bonds. The van der Waals surface area contributed by atoms with Crippen LogP contribution in [0.3, 0.4) is 0 Å². The summed E-state index contributed by atoms with van der Waals surface area (Å²) in [5, 5.41) is 17.9. The Kier molecular flexibility index (Phi) is 8.41. The van der Waals surface area contributed by atoms with Crippen molar-refractivity contribution in [2.45, 2.75) is 33.5 Å². The SMILES string of the molecule is Cc1ccc(Cl)c(-c2cc(C(=O)N(Cc3ccc(F)cc3F)Cc3nncn3Cc3ccc(C#N)cc3)ccc2C)c1. The van der Waals surface area contributed by atoms with Crippen molar-refractivity contribution in [1.82, 2.24) is 19.7 Å². The Hall–Kier alpha value is -4.87. The Bertz CT molecular complexity index is 1810. The second kappa shape index (κ2) is 12.3. The molecule has 0 unspecified atom stereocenters. The molecule has 0 aliphatic carbocycles. The van der Waals surface area contributed by atoms with Crippen LogP contribution in [-0.2, 0) is 19.6 Å². The molecule has 0 spiro atoms. The minimum absolute atomic E-state index is 0.0142. The summed E-state index contributed by atoms with van der Waals surface area (Å²) >= 11 is 6.53. The van der Waals surface area contributed by atoms with E-state index in [-0.39, 0.29) is 24.6 Å². The molecule has 0 bridgehead atoms. The molecule has 6 nitrogen and oxygen atoms in total. The molecule has 5 rings (SSSR count). The first-order valence-corrected chi connectivity index (χ1v) is 13.6. The van der Waals surface area contributed by atoms with Crippen molar-refractivity contribution in [2.24, 2.45) is 0 Å². The smallest absolute Gasteiger partial charge is 0.254 e. The van der Waals surface area contributed by atoms with Gasteiger partial charge in [-0.05, 0) is 73.0 Å². The quantitative estimate of drug-likeness (QED) is 0.193. The van der Waals surface area contributed by atoms with Gasteiger partial charge in [0.25, 0.3) is 5.91 Å². The fraction of sp³-hybridized carbons (Fsp3) is 0.152. The van der Waals surface area contributed by atoms with Crippen LogP contribution in [0.2, 0.25) is 5.02 Å². The van der Waals surface area contributed by atoms with Crippen molar-refractivity contribution in [1.29, 1.82) is 5.26 Å². The van der Waals surface area contributed by atoms with Crippen molar-refractivity contribution < 1.29 is 13.6 Å². The van der Waals surface area contributed by atoms with Gasteiger partial charge in [-0.1, -0.05) is 47.5 Å². The number of hydrogen-bond donors (Lipinski definition) is 0. The first-order valence-electron chi connectivity index (χ1n) is 13.2. The molecule has 0 aliphatic rings. The predicted molar refractivity (Wildman–Crippen MR) is 157 cm³/mol. The standard InChI is InChI=1S/C33H26ClF2N5O/c1-21-3-12-30(34)29(13-21)28-14-25(9-4-22(28)2)33(42)40(18-26-10-11-27(35)15-31(26)36)19-32-39-38-20-41(32)17-24-7-5-23(16-37)6-8-24/h3-15,20H,17-19H2,1-2H3. The molecule has 0 N–H and O–H groups in total. The predicted octanol–water partition coefficient (Wildman–Crippen LogP) is 7.26. The number of halogens is 3. The molecule has 210 valence electrons. The number of rotatable bonds is 8. The van der Waals surface area contributed by atoms with Crippen LogP contribution in [0, 0.1) is 36.8 Å². The summed E-state index contributed by atoms with van der Waals surface area (Å²) in [7, 11) is 0. The van der Waals surface area contributed by atoms with Gasteiger partial charge in [0.15, 0.2) is 5.82 Å². The lowest BCUT2D eigenvalue weighted by Crippen LogP contribution is -2.32. The zero-order chi connectivity index (χ0) is 29.8. The maximum atomic E-state index is 14.8. The molecule has 5 aromatic rings. The van der Waals surface area contributed by atoms with Crippen LogP contribution < -0.4 is 0 Å². The van der Waals surface area contributed by atoms with E-state index in [9.17, 15) is 13.6 Å². The van der Waals surface area contributed by atoms with E-state index in [4.69, 9.17) is 16.9 Å². The number of hydrogen-bond acceptors (Lipinski definition) is 4. The minimum atomic E-state index is -0.747. The lowest BCUT2D eigenvalue weighted by molar-refractivity contribution is 0.0722. The number of nitrogens with zero attached hydrogens (tertiary/aromatic N) is 5. The normalized spacial score (nSPS) is 10.9. The van der Waals surface area contributed by atoms with Gasteiger partial charge in [0.1, 0.15) is 18.0 Å². The highest BCUT2D eigenvalue weighted by Crippen LogP contribution is 2.32. The van der Waals surface area contributed by atoms with Gasteiger partial charge < -0.3 is 9.47 Å². The molecule has 0 saturated heterocycles. The van der Waals surface area contributed by atoms with E-state index >= 15 is 0 Å². The topological polar surface area (TPSA) is 74.8 Å². The highest BCUT2D eigenvalue weighted by molar-refractivity contribution is 6.33. The van der Waals surface area contributed by atoms with E-state index in [0.29, 0.717) is 28.5 Å². The van der Waals surface area contributed by atoms with Gasteiger partial charge >= 0.3 is 0 Å². The van der Waals surface area contributed by atoms with Crippen molar-refractivity contribution in [2.75, 3.05) is 0 Å². The summed E-state index contributed by atoms with van der Waals surface area (Å²) in [5.41, 5.74) is 5.60. The third kappa shape index (κ3) is 6.37. The van der Waals surface area contributed by atoms with Crippen LogP contribution in [0.5, 0.6) is 0 Å². The summed E-state index contributed by atoms with van der Waals surface area (Å²) in [6.07, 6.45) is 1.55. The monoisotopic (exact) mass is 581 g/mol. The largest absolute Gasteiger partial charge is 0.327 e. The van der Waals surface area contributed by atoms with E-state index < -0.39 is 11.6 Å². The molecular formula is C33H26ClF2N5O.